The maximum atomic E-state index is 12.0. The number of nitrogens with zero attached hydrogens (tertiary/aromatic N) is 1. The van der Waals surface area contributed by atoms with E-state index in [9.17, 15) is 9.90 Å². The summed E-state index contributed by atoms with van der Waals surface area (Å²) in [5.41, 5.74) is 0. The van der Waals surface area contributed by atoms with Gasteiger partial charge in [0.25, 0.3) is 0 Å². The molecular formula is C12H22N2O2. The summed E-state index contributed by atoms with van der Waals surface area (Å²) in [6.45, 7) is 4.43. The van der Waals surface area contributed by atoms with E-state index >= 15 is 0 Å². The van der Waals surface area contributed by atoms with Crippen molar-refractivity contribution in [3.05, 3.63) is 0 Å². The minimum atomic E-state index is -0.289. The number of carbonyl (C=O) groups is 1. The molecule has 0 bridgehead atoms. The van der Waals surface area contributed by atoms with Gasteiger partial charge in [0.1, 0.15) is 0 Å². The lowest BCUT2D eigenvalue weighted by atomic mass is 10.0. The van der Waals surface area contributed by atoms with Crippen LogP contribution in [0.25, 0.3) is 0 Å². The molecule has 2 N–H and O–H groups in total. The summed E-state index contributed by atoms with van der Waals surface area (Å²) in [4.78, 5) is 13.9. The Bertz CT molecular complexity index is 249. The molecule has 0 aromatic rings. The molecule has 2 fully saturated rings. The number of rotatable bonds is 3. The van der Waals surface area contributed by atoms with E-state index in [4.69, 9.17) is 0 Å². The molecule has 16 heavy (non-hydrogen) atoms. The first kappa shape index (κ1) is 11.9. The standard InChI is InChI=1S/C12H22N2O2/c1-9(15)10-4-6-14(8-10)12(16)7-11-3-2-5-13-11/h9-11,13,15H,2-8H2,1H3. The molecule has 0 saturated carbocycles. The minimum Gasteiger partial charge on any atom is -0.393 e. The lowest BCUT2D eigenvalue weighted by molar-refractivity contribution is -0.130. The van der Waals surface area contributed by atoms with Crippen molar-refractivity contribution in [3.63, 3.8) is 0 Å². The molecule has 2 heterocycles. The predicted octanol–water partition coefficient (Wildman–Crippen LogP) is 0.358. The van der Waals surface area contributed by atoms with E-state index in [-0.39, 0.29) is 17.9 Å². The number of likely N-dealkylation sites (tertiary alicyclic amines) is 1. The summed E-state index contributed by atoms with van der Waals surface area (Å²) in [7, 11) is 0. The second kappa shape index (κ2) is 5.15. The highest BCUT2D eigenvalue weighted by Gasteiger charge is 2.30. The lowest BCUT2D eigenvalue weighted by Crippen LogP contribution is -2.35. The van der Waals surface area contributed by atoms with Crippen LogP contribution in [0.15, 0.2) is 0 Å². The Morgan fingerprint density at radius 3 is 2.94 bits per heavy atom. The Labute approximate surface area is 97.0 Å². The van der Waals surface area contributed by atoms with Crippen molar-refractivity contribution >= 4 is 5.91 Å². The maximum Gasteiger partial charge on any atom is 0.224 e. The van der Waals surface area contributed by atoms with Gasteiger partial charge < -0.3 is 15.3 Å². The van der Waals surface area contributed by atoms with Crippen LogP contribution in [0.2, 0.25) is 0 Å². The van der Waals surface area contributed by atoms with Crippen molar-refractivity contribution in [1.82, 2.24) is 10.2 Å². The second-order valence-corrected chi connectivity index (χ2v) is 5.13. The van der Waals surface area contributed by atoms with E-state index in [0.29, 0.717) is 12.5 Å². The molecule has 92 valence electrons. The van der Waals surface area contributed by atoms with Gasteiger partial charge in [0.05, 0.1) is 6.10 Å². The summed E-state index contributed by atoms with van der Waals surface area (Å²) in [6.07, 6.45) is 3.60. The van der Waals surface area contributed by atoms with Crippen molar-refractivity contribution < 1.29 is 9.90 Å². The molecule has 3 unspecified atom stereocenters. The van der Waals surface area contributed by atoms with Crippen LogP contribution in [0.4, 0.5) is 0 Å². The van der Waals surface area contributed by atoms with Gasteiger partial charge in [-0.25, -0.2) is 0 Å². The fourth-order valence-electron chi connectivity index (χ4n) is 2.68. The summed E-state index contributed by atoms with van der Waals surface area (Å²) in [6, 6.07) is 0.387. The number of carbonyl (C=O) groups excluding carboxylic acids is 1. The molecule has 0 aliphatic carbocycles. The summed E-state index contributed by atoms with van der Waals surface area (Å²) < 4.78 is 0. The van der Waals surface area contributed by atoms with Crippen LogP contribution in [0.1, 0.15) is 32.6 Å². The third kappa shape index (κ3) is 2.74. The van der Waals surface area contributed by atoms with E-state index in [2.05, 4.69) is 5.32 Å². The van der Waals surface area contributed by atoms with Gasteiger partial charge in [-0.15, -0.1) is 0 Å². The lowest BCUT2D eigenvalue weighted by Gasteiger charge is -2.19. The molecule has 4 nitrogen and oxygen atoms in total. The molecule has 0 radical (unpaired) electrons. The van der Waals surface area contributed by atoms with E-state index in [1.165, 1.54) is 6.42 Å². The monoisotopic (exact) mass is 226 g/mol. The summed E-state index contributed by atoms with van der Waals surface area (Å²) in [5, 5.41) is 12.8. The quantitative estimate of drug-likeness (QED) is 0.730. The van der Waals surface area contributed by atoms with Gasteiger partial charge in [-0.3, -0.25) is 4.79 Å². The van der Waals surface area contributed by atoms with Crippen molar-refractivity contribution in [1.29, 1.82) is 0 Å². The highest BCUT2D eigenvalue weighted by Crippen LogP contribution is 2.21. The fourth-order valence-corrected chi connectivity index (χ4v) is 2.68. The van der Waals surface area contributed by atoms with Crippen LogP contribution in [0.3, 0.4) is 0 Å². The Balaban J connectivity index is 1.77. The average molecular weight is 226 g/mol. The van der Waals surface area contributed by atoms with Crippen LogP contribution < -0.4 is 5.32 Å². The summed E-state index contributed by atoms with van der Waals surface area (Å²) in [5.74, 6) is 0.531. The van der Waals surface area contributed by atoms with Gasteiger partial charge >= 0.3 is 0 Å². The first-order chi connectivity index (χ1) is 7.66. The van der Waals surface area contributed by atoms with Gasteiger partial charge in [0.2, 0.25) is 5.91 Å². The Morgan fingerprint density at radius 1 is 1.56 bits per heavy atom. The molecule has 2 rings (SSSR count). The van der Waals surface area contributed by atoms with Gasteiger partial charge in [0.15, 0.2) is 0 Å². The van der Waals surface area contributed by atoms with E-state index < -0.39 is 0 Å². The zero-order chi connectivity index (χ0) is 11.5. The molecular weight excluding hydrogens is 204 g/mol. The SMILES string of the molecule is CC(O)C1CCN(C(=O)CC2CCCN2)C1. The first-order valence-electron chi connectivity index (χ1n) is 6.36. The molecule has 1 amide bonds. The van der Waals surface area contributed by atoms with Crippen molar-refractivity contribution in [3.8, 4) is 0 Å². The zero-order valence-corrected chi connectivity index (χ0v) is 9.98. The van der Waals surface area contributed by atoms with Crippen molar-refractivity contribution in [2.75, 3.05) is 19.6 Å². The topological polar surface area (TPSA) is 52.6 Å². The van der Waals surface area contributed by atoms with Gasteiger partial charge in [-0.1, -0.05) is 0 Å². The Hall–Kier alpha value is -0.610. The average Bonchev–Trinajstić information content (AvgIpc) is 2.86. The van der Waals surface area contributed by atoms with Gasteiger partial charge in [-0.05, 0) is 32.7 Å². The maximum absolute atomic E-state index is 12.0. The second-order valence-electron chi connectivity index (χ2n) is 5.13. The molecule has 2 aliphatic rings. The third-order valence-corrected chi connectivity index (χ3v) is 3.84. The van der Waals surface area contributed by atoms with E-state index in [1.807, 2.05) is 11.8 Å². The van der Waals surface area contributed by atoms with E-state index in [0.717, 1.165) is 32.5 Å². The zero-order valence-electron chi connectivity index (χ0n) is 9.98. The Morgan fingerprint density at radius 2 is 2.38 bits per heavy atom. The molecule has 0 aromatic carbocycles. The summed E-state index contributed by atoms with van der Waals surface area (Å²) >= 11 is 0. The van der Waals surface area contributed by atoms with Crippen LogP contribution >= 0.6 is 0 Å². The molecule has 0 aromatic heterocycles. The number of aliphatic hydroxyl groups is 1. The first-order valence-corrected chi connectivity index (χ1v) is 6.36. The largest absolute Gasteiger partial charge is 0.393 e. The molecule has 0 spiro atoms. The van der Waals surface area contributed by atoms with Gasteiger partial charge in [-0.2, -0.15) is 0 Å². The van der Waals surface area contributed by atoms with Crippen LogP contribution in [0.5, 0.6) is 0 Å². The molecule has 4 heteroatoms. The normalized spacial score (nSPS) is 32.0. The molecule has 2 aliphatic heterocycles. The number of amides is 1. The van der Waals surface area contributed by atoms with Crippen LogP contribution in [0, 0.1) is 5.92 Å². The fraction of sp³-hybridized carbons (Fsp3) is 0.917. The highest BCUT2D eigenvalue weighted by atomic mass is 16.3. The van der Waals surface area contributed by atoms with Crippen molar-refractivity contribution in [2.45, 2.75) is 44.8 Å². The minimum absolute atomic E-state index is 0.252. The highest BCUT2D eigenvalue weighted by molar-refractivity contribution is 5.77. The Kier molecular flexibility index (Phi) is 3.82. The number of aliphatic hydroxyl groups excluding tert-OH is 1. The third-order valence-electron chi connectivity index (χ3n) is 3.84. The van der Waals surface area contributed by atoms with Crippen LogP contribution in [-0.2, 0) is 4.79 Å². The molecule has 2 saturated heterocycles. The van der Waals surface area contributed by atoms with Crippen molar-refractivity contribution in [2.24, 2.45) is 5.92 Å². The number of nitrogens with one attached hydrogen (secondary N) is 1. The van der Waals surface area contributed by atoms with E-state index in [1.54, 1.807) is 0 Å². The molecule has 3 atom stereocenters. The van der Waals surface area contributed by atoms with Gasteiger partial charge in [0, 0.05) is 31.5 Å². The van der Waals surface area contributed by atoms with Crippen LogP contribution in [-0.4, -0.2) is 47.7 Å². The number of hydrogen-bond acceptors (Lipinski definition) is 3. The smallest absolute Gasteiger partial charge is 0.224 e. The number of hydrogen-bond donors (Lipinski definition) is 2. The predicted molar refractivity (Wildman–Crippen MR) is 62.0 cm³/mol.